The number of aliphatic carboxylic acids is 1. The van der Waals surface area contributed by atoms with Gasteiger partial charge in [-0.15, -0.1) is 0 Å². The van der Waals surface area contributed by atoms with Gasteiger partial charge in [-0.1, -0.05) is 6.07 Å². The lowest BCUT2D eigenvalue weighted by molar-refractivity contribution is -0.143. The molecule has 0 spiro atoms. The first-order valence-corrected chi connectivity index (χ1v) is 5.13. The predicted molar refractivity (Wildman–Crippen MR) is 56.0 cm³/mol. The summed E-state index contributed by atoms with van der Waals surface area (Å²) in [5, 5.41) is 9.07. The SMILES string of the molecule is COc1cc(F)ccc1CC1(C(=O)O)CC1. The number of halogens is 1. The normalized spacial score (nSPS) is 16.9. The molecule has 0 amide bonds. The average molecular weight is 224 g/mol. The monoisotopic (exact) mass is 224 g/mol. The van der Waals surface area contributed by atoms with E-state index in [0.717, 1.165) is 5.56 Å². The molecular weight excluding hydrogens is 211 g/mol. The average Bonchev–Trinajstić information content (AvgIpc) is 3.02. The van der Waals surface area contributed by atoms with Crippen molar-refractivity contribution in [3.05, 3.63) is 29.6 Å². The molecule has 0 saturated heterocycles. The Hall–Kier alpha value is -1.58. The third kappa shape index (κ3) is 1.87. The highest BCUT2D eigenvalue weighted by atomic mass is 19.1. The minimum Gasteiger partial charge on any atom is -0.496 e. The van der Waals surface area contributed by atoms with Crippen LogP contribution in [-0.4, -0.2) is 18.2 Å². The zero-order valence-electron chi connectivity index (χ0n) is 9.00. The number of rotatable bonds is 4. The van der Waals surface area contributed by atoms with E-state index in [2.05, 4.69) is 0 Å². The van der Waals surface area contributed by atoms with E-state index in [4.69, 9.17) is 9.84 Å². The Balaban J connectivity index is 2.25. The van der Waals surface area contributed by atoms with Crippen LogP contribution in [0.5, 0.6) is 5.75 Å². The molecule has 1 N–H and O–H groups in total. The number of carbonyl (C=O) groups is 1. The number of ether oxygens (including phenoxy) is 1. The van der Waals surface area contributed by atoms with Crippen LogP contribution in [-0.2, 0) is 11.2 Å². The molecule has 0 aliphatic heterocycles. The standard InChI is InChI=1S/C12H13FO3/c1-16-10-6-9(13)3-2-8(10)7-12(4-5-12)11(14)15/h2-3,6H,4-5,7H2,1H3,(H,14,15). The molecule has 0 atom stereocenters. The van der Waals surface area contributed by atoms with Crippen molar-refractivity contribution in [2.45, 2.75) is 19.3 Å². The molecule has 0 unspecified atom stereocenters. The molecule has 1 aliphatic carbocycles. The highest BCUT2D eigenvalue weighted by Crippen LogP contribution is 2.49. The number of methoxy groups -OCH3 is 1. The van der Waals surface area contributed by atoms with E-state index in [0.29, 0.717) is 25.0 Å². The number of carboxylic acid groups (broad SMARTS) is 1. The van der Waals surface area contributed by atoms with Crippen molar-refractivity contribution < 1.29 is 19.0 Å². The van der Waals surface area contributed by atoms with Crippen LogP contribution < -0.4 is 4.74 Å². The lowest BCUT2D eigenvalue weighted by atomic mass is 9.96. The molecule has 86 valence electrons. The minimum atomic E-state index is -0.779. The molecule has 1 aliphatic rings. The van der Waals surface area contributed by atoms with Gasteiger partial charge in [-0.05, 0) is 30.9 Å². The maximum atomic E-state index is 12.9. The van der Waals surface area contributed by atoms with E-state index in [1.54, 1.807) is 6.07 Å². The van der Waals surface area contributed by atoms with Gasteiger partial charge in [0, 0.05) is 6.07 Å². The summed E-state index contributed by atoms with van der Waals surface area (Å²) in [6, 6.07) is 4.21. The van der Waals surface area contributed by atoms with Crippen molar-refractivity contribution in [3.8, 4) is 5.75 Å². The summed E-state index contributed by atoms with van der Waals surface area (Å²) in [6.07, 6.45) is 1.78. The first-order chi connectivity index (χ1) is 7.57. The molecular formula is C12H13FO3. The maximum absolute atomic E-state index is 12.9. The van der Waals surface area contributed by atoms with Crippen molar-refractivity contribution in [2.24, 2.45) is 5.41 Å². The fourth-order valence-electron chi connectivity index (χ4n) is 1.85. The highest BCUT2D eigenvalue weighted by Gasteiger charge is 2.50. The van der Waals surface area contributed by atoms with Gasteiger partial charge in [0.1, 0.15) is 11.6 Å². The molecule has 0 bridgehead atoms. The molecule has 16 heavy (non-hydrogen) atoms. The maximum Gasteiger partial charge on any atom is 0.309 e. The van der Waals surface area contributed by atoms with E-state index < -0.39 is 11.4 Å². The summed E-state index contributed by atoms with van der Waals surface area (Å²) in [5.41, 5.74) is 0.106. The molecule has 1 saturated carbocycles. The Labute approximate surface area is 92.9 Å². The van der Waals surface area contributed by atoms with Crippen LogP contribution in [0.4, 0.5) is 4.39 Å². The van der Waals surface area contributed by atoms with Crippen molar-refractivity contribution in [1.82, 2.24) is 0 Å². The van der Waals surface area contributed by atoms with Crippen LogP contribution in [0.3, 0.4) is 0 Å². The molecule has 3 nitrogen and oxygen atoms in total. The Morgan fingerprint density at radius 3 is 2.75 bits per heavy atom. The van der Waals surface area contributed by atoms with E-state index >= 15 is 0 Å². The molecule has 1 aromatic rings. The van der Waals surface area contributed by atoms with Crippen LogP contribution in [0, 0.1) is 11.2 Å². The predicted octanol–water partition coefficient (Wildman–Crippen LogP) is 2.24. The summed E-state index contributed by atoms with van der Waals surface area (Å²) in [5.74, 6) is -0.729. The van der Waals surface area contributed by atoms with Gasteiger partial charge in [-0.2, -0.15) is 0 Å². The van der Waals surface area contributed by atoms with Crippen LogP contribution in [0.1, 0.15) is 18.4 Å². The fourth-order valence-corrected chi connectivity index (χ4v) is 1.85. The van der Waals surface area contributed by atoms with Gasteiger partial charge in [0.2, 0.25) is 0 Å². The van der Waals surface area contributed by atoms with Gasteiger partial charge in [0.15, 0.2) is 0 Å². The second-order valence-electron chi connectivity index (χ2n) is 4.22. The second kappa shape index (κ2) is 3.77. The fraction of sp³-hybridized carbons (Fsp3) is 0.417. The van der Waals surface area contributed by atoms with Crippen LogP contribution in [0.2, 0.25) is 0 Å². The number of hydrogen-bond donors (Lipinski definition) is 1. The molecule has 4 heteroatoms. The first kappa shape index (κ1) is 10.9. The van der Waals surface area contributed by atoms with Gasteiger partial charge in [-0.25, -0.2) is 4.39 Å². The number of hydrogen-bond acceptors (Lipinski definition) is 2. The zero-order chi connectivity index (χ0) is 11.8. The van der Waals surface area contributed by atoms with Crippen molar-refractivity contribution in [1.29, 1.82) is 0 Å². The van der Waals surface area contributed by atoms with Crippen LogP contribution in [0.15, 0.2) is 18.2 Å². The minimum absolute atomic E-state index is 0.374. The number of benzene rings is 1. The Bertz CT molecular complexity index is 424. The van der Waals surface area contributed by atoms with Gasteiger partial charge >= 0.3 is 5.97 Å². The third-order valence-electron chi connectivity index (χ3n) is 3.09. The quantitative estimate of drug-likeness (QED) is 0.853. The molecule has 0 radical (unpaired) electrons. The topological polar surface area (TPSA) is 46.5 Å². The lowest BCUT2D eigenvalue weighted by Crippen LogP contribution is -2.18. The van der Waals surface area contributed by atoms with Crippen LogP contribution >= 0.6 is 0 Å². The first-order valence-electron chi connectivity index (χ1n) is 5.13. The lowest BCUT2D eigenvalue weighted by Gasteiger charge is -2.13. The summed E-state index contributed by atoms with van der Waals surface area (Å²) >= 11 is 0. The van der Waals surface area contributed by atoms with Crippen LogP contribution in [0.25, 0.3) is 0 Å². The molecule has 1 fully saturated rings. The molecule has 1 aromatic carbocycles. The number of carboxylic acids is 1. The summed E-state index contributed by atoms with van der Waals surface area (Å²) in [4.78, 5) is 11.0. The van der Waals surface area contributed by atoms with Gasteiger partial charge in [0.25, 0.3) is 0 Å². The van der Waals surface area contributed by atoms with Gasteiger partial charge < -0.3 is 9.84 Å². The largest absolute Gasteiger partial charge is 0.496 e. The molecule has 0 aromatic heterocycles. The summed E-state index contributed by atoms with van der Waals surface area (Å²) < 4.78 is 18.0. The smallest absolute Gasteiger partial charge is 0.309 e. The Morgan fingerprint density at radius 1 is 1.56 bits per heavy atom. The summed E-state index contributed by atoms with van der Waals surface area (Å²) in [6.45, 7) is 0. The molecule has 0 heterocycles. The Morgan fingerprint density at radius 2 is 2.25 bits per heavy atom. The van der Waals surface area contributed by atoms with E-state index in [9.17, 15) is 9.18 Å². The van der Waals surface area contributed by atoms with Gasteiger partial charge in [0.05, 0.1) is 12.5 Å². The molecule has 2 rings (SSSR count). The third-order valence-corrected chi connectivity index (χ3v) is 3.09. The summed E-state index contributed by atoms with van der Waals surface area (Å²) in [7, 11) is 1.46. The van der Waals surface area contributed by atoms with Crippen molar-refractivity contribution in [2.75, 3.05) is 7.11 Å². The highest BCUT2D eigenvalue weighted by molar-refractivity contribution is 5.78. The second-order valence-corrected chi connectivity index (χ2v) is 4.22. The van der Waals surface area contributed by atoms with Crippen molar-refractivity contribution in [3.63, 3.8) is 0 Å². The Kier molecular flexibility index (Phi) is 2.58. The van der Waals surface area contributed by atoms with Gasteiger partial charge in [-0.3, -0.25) is 4.79 Å². The van der Waals surface area contributed by atoms with E-state index in [-0.39, 0.29) is 5.82 Å². The van der Waals surface area contributed by atoms with E-state index in [1.165, 1.54) is 19.2 Å². The van der Waals surface area contributed by atoms with E-state index in [1.807, 2.05) is 0 Å². The van der Waals surface area contributed by atoms with Crippen molar-refractivity contribution >= 4 is 5.97 Å². The zero-order valence-corrected chi connectivity index (χ0v) is 9.00.